The number of nitro groups is 1. The molecule has 0 radical (unpaired) electrons. The molecule has 1 aliphatic carbocycles. The highest BCUT2D eigenvalue weighted by molar-refractivity contribution is 6.05. The van der Waals surface area contributed by atoms with Gasteiger partial charge in [0.2, 0.25) is 0 Å². The van der Waals surface area contributed by atoms with E-state index in [2.05, 4.69) is 5.32 Å². The standard InChI is InChI=1S/C23H27N3O5/c1-16(31-19-14-12-18(13-15-19)26(29)30)23(28)25(2)21-11-7-6-10-20(21)22(27)24-17-8-4-3-5-9-17/h6-7,10-17H,3-5,8-9H2,1-2H3,(H,24,27). The van der Waals surface area contributed by atoms with E-state index in [-0.39, 0.29) is 23.5 Å². The van der Waals surface area contributed by atoms with Gasteiger partial charge < -0.3 is 15.0 Å². The van der Waals surface area contributed by atoms with Crippen LogP contribution >= 0.6 is 0 Å². The van der Waals surface area contributed by atoms with Gasteiger partial charge in [-0.2, -0.15) is 0 Å². The van der Waals surface area contributed by atoms with Crippen LogP contribution in [-0.4, -0.2) is 35.9 Å². The second-order valence-corrected chi connectivity index (χ2v) is 7.73. The van der Waals surface area contributed by atoms with Crippen molar-refractivity contribution in [3.63, 3.8) is 0 Å². The van der Waals surface area contributed by atoms with Gasteiger partial charge >= 0.3 is 0 Å². The van der Waals surface area contributed by atoms with E-state index in [1.807, 2.05) is 0 Å². The van der Waals surface area contributed by atoms with Gasteiger partial charge in [0.25, 0.3) is 17.5 Å². The van der Waals surface area contributed by atoms with Crippen LogP contribution in [0.5, 0.6) is 5.75 Å². The van der Waals surface area contributed by atoms with Gasteiger partial charge in [-0.1, -0.05) is 31.4 Å². The monoisotopic (exact) mass is 425 g/mol. The number of hydrogen-bond donors (Lipinski definition) is 1. The summed E-state index contributed by atoms with van der Waals surface area (Å²) in [6.07, 6.45) is 4.53. The number of amides is 2. The smallest absolute Gasteiger partial charge is 0.269 e. The van der Waals surface area contributed by atoms with E-state index < -0.39 is 11.0 Å². The summed E-state index contributed by atoms with van der Waals surface area (Å²) >= 11 is 0. The van der Waals surface area contributed by atoms with E-state index in [0.29, 0.717) is 17.0 Å². The van der Waals surface area contributed by atoms with E-state index in [1.54, 1.807) is 38.2 Å². The summed E-state index contributed by atoms with van der Waals surface area (Å²) in [4.78, 5) is 37.5. The molecule has 164 valence electrons. The van der Waals surface area contributed by atoms with Crippen molar-refractivity contribution in [3.05, 3.63) is 64.2 Å². The van der Waals surface area contributed by atoms with Gasteiger partial charge in [0.15, 0.2) is 6.10 Å². The van der Waals surface area contributed by atoms with Crippen LogP contribution in [-0.2, 0) is 4.79 Å². The number of likely N-dealkylation sites (N-methyl/N-ethyl adjacent to an activating group) is 1. The maximum absolute atomic E-state index is 12.9. The molecule has 2 aromatic carbocycles. The highest BCUT2D eigenvalue weighted by atomic mass is 16.6. The Morgan fingerprint density at radius 1 is 1.10 bits per heavy atom. The quantitative estimate of drug-likeness (QED) is 0.532. The normalized spacial score (nSPS) is 15.0. The van der Waals surface area contributed by atoms with E-state index >= 15 is 0 Å². The second kappa shape index (κ2) is 10.1. The fraction of sp³-hybridized carbons (Fsp3) is 0.391. The summed E-state index contributed by atoms with van der Waals surface area (Å²) in [7, 11) is 1.60. The number of hydrogen-bond acceptors (Lipinski definition) is 5. The zero-order valence-electron chi connectivity index (χ0n) is 17.7. The van der Waals surface area contributed by atoms with Crippen LogP contribution in [0.15, 0.2) is 48.5 Å². The average Bonchev–Trinajstić information content (AvgIpc) is 2.79. The third kappa shape index (κ3) is 5.59. The Bertz CT molecular complexity index is 938. The minimum atomic E-state index is -0.846. The third-order valence-corrected chi connectivity index (χ3v) is 5.49. The number of carbonyl (C=O) groups excluding carboxylic acids is 2. The Labute approximate surface area is 181 Å². The lowest BCUT2D eigenvalue weighted by Crippen LogP contribution is -2.40. The van der Waals surface area contributed by atoms with Crippen molar-refractivity contribution in [3.8, 4) is 5.75 Å². The van der Waals surface area contributed by atoms with E-state index in [1.165, 1.54) is 35.6 Å². The Morgan fingerprint density at radius 2 is 1.74 bits per heavy atom. The molecule has 3 rings (SSSR count). The van der Waals surface area contributed by atoms with Gasteiger partial charge in [-0.25, -0.2) is 0 Å². The minimum Gasteiger partial charge on any atom is -0.481 e. The van der Waals surface area contributed by atoms with Gasteiger partial charge in [0, 0.05) is 25.2 Å². The van der Waals surface area contributed by atoms with Crippen LogP contribution in [0.4, 0.5) is 11.4 Å². The first-order valence-corrected chi connectivity index (χ1v) is 10.5. The van der Waals surface area contributed by atoms with Crippen LogP contribution < -0.4 is 15.0 Å². The van der Waals surface area contributed by atoms with Crippen LogP contribution in [0.2, 0.25) is 0 Å². The highest BCUT2D eigenvalue weighted by Gasteiger charge is 2.25. The highest BCUT2D eigenvalue weighted by Crippen LogP contribution is 2.24. The molecule has 1 fully saturated rings. The Hall–Kier alpha value is -3.42. The largest absolute Gasteiger partial charge is 0.481 e. The zero-order chi connectivity index (χ0) is 22.4. The molecule has 0 heterocycles. The van der Waals surface area contributed by atoms with Crippen LogP contribution in [0.1, 0.15) is 49.4 Å². The predicted molar refractivity (Wildman–Crippen MR) is 117 cm³/mol. The molecule has 1 saturated carbocycles. The molecule has 2 aromatic rings. The molecule has 0 spiro atoms. The number of carbonyl (C=O) groups is 2. The topological polar surface area (TPSA) is 102 Å². The molecule has 2 amide bonds. The average molecular weight is 425 g/mol. The SMILES string of the molecule is CC(Oc1ccc([N+](=O)[O-])cc1)C(=O)N(C)c1ccccc1C(=O)NC1CCCCC1. The Balaban J connectivity index is 1.69. The molecule has 31 heavy (non-hydrogen) atoms. The molecule has 1 aliphatic rings. The van der Waals surface area contributed by atoms with Gasteiger partial charge in [0.1, 0.15) is 5.75 Å². The van der Waals surface area contributed by atoms with Crippen molar-refractivity contribution in [1.29, 1.82) is 0 Å². The predicted octanol–water partition coefficient (Wildman–Crippen LogP) is 4.09. The van der Waals surface area contributed by atoms with Crippen molar-refractivity contribution < 1.29 is 19.2 Å². The molecule has 0 saturated heterocycles. The molecular formula is C23H27N3O5. The van der Waals surface area contributed by atoms with Gasteiger partial charge in [-0.15, -0.1) is 0 Å². The first-order valence-electron chi connectivity index (χ1n) is 10.5. The number of nitrogens with one attached hydrogen (secondary N) is 1. The minimum absolute atomic E-state index is 0.0543. The molecule has 1 unspecified atom stereocenters. The van der Waals surface area contributed by atoms with Crippen LogP contribution in [0, 0.1) is 10.1 Å². The molecule has 0 bridgehead atoms. The first-order chi connectivity index (χ1) is 14.9. The fourth-order valence-electron chi connectivity index (χ4n) is 3.76. The number of rotatable bonds is 7. The molecule has 1 atom stereocenters. The summed E-state index contributed by atoms with van der Waals surface area (Å²) in [5, 5.41) is 13.9. The number of benzene rings is 2. The summed E-state index contributed by atoms with van der Waals surface area (Å²) < 4.78 is 5.66. The summed E-state index contributed by atoms with van der Waals surface area (Å²) in [6, 6.07) is 12.7. The lowest BCUT2D eigenvalue weighted by molar-refractivity contribution is -0.384. The zero-order valence-corrected chi connectivity index (χ0v) is 17.7. The fourth-order valence-corrected chi connectivity index (χ4v) is 3.76. The molecular weight excluding hydrogens is 398 g/mol. The first kappa shape index (κ1) is 22.3. The van der Waals surface area contributed by atoms with E-state index in [0.717, 1.165) is 25.7 Å². The van der Waals surface area contributed by atoms with Gasteiger partial charge in [-0.3, -0.25) is 19.7 Å². The molecule has 8 heteroatoms. The van der Waals surface area contributed by atoms with Crippen molar-refractivity contribution in [2.75, 3.05) is 11.9 Å². The van der Waals surface area contributed by atoms with Gasteiger partial charge in [-0.05, 0) is 44.0 Å². The van der Waals surface area contributed by atoms with Crippen molar-refractivity contribution in [2.24, 2.45) is 0 Å². The molecule has 1 N–H and O–H groups in total. The summed E-state index contributed by atoms with van der Waals surface area (Å²) in [6.45, 7) is 1.60. The number of ether oxygens (including phenoxy) is 1. The number of anilines is 1. The molecule has 0 aliphatic heterocycles. The third-order valence-electron chi connectivity index (χ3n) is 5.49. The van der Waals surface area contributed by atoms with Crippen LogP contribution in [0.3, 0.4) is 0 Å². The van der Waals surface area contributed by atoms with E-state index in [4.69, 9.17) is 4.74 Å². The van der Waals surface area contributed by atoms with Crippen molar-refractivity contribution in [1.82, 2.24) is 5.32 Å². The summed E-state index contributed by atoms with van der Waals surface area (Å²) in [5.74, 6) is -0.175. The number of para-hydroxylation sites is 1. The lowest BCUT2D eigenvalue weighted by atomic mass is 9.95. The lowest BCUT2D eigenvalue weighted by Gasteiger charge is -2.26. The maximum atomic E-state index is 12.9. The molecule has 8 nitrogen and oxygen atoms in total. The second-order valence-electron chi connectivity index (χ2n) is 7.73. The van der Waals surface area contributed by atoms with Crippen LogP contribution in [0.25, 0.3) is 0 Å². The van der Waals surface area contributed by atoms with Crippen molar-refractivity contribution >= 4 is 23.2 Å². The van der Waals surface area contributed by atoms with Gasteiger partial charge in [0.05, 0.1) is 16.2 Å². The summed E-state index contributed by atoms with van der Waals surface area (Å²) in [5.41, 5.74) is 0.882. The number of non-ortho nitro benzene ring substituents is 1. The van der Waals surface area contributed by atoms with E-state index in [9.17, 15) is 19.7 Å². The maximum Gasteiger partial charge on any atom is 0.269 e. The van der Waals surface area contributed by atoms with Crippen molar-refractivity contribution in [2.45, 2.75) is 51.2 Å². The number of nitrogens with zero attached hydrogens (tertiary/aromatic N) is 2. The molecule has 0 aromatic heterocycles. The number of nitro benzene ring substituents is 1. The Morgan fingerprint density at radius 3 is 2.39 bits per heavy atom. The Kier molecular flexibility index (Phi) is 7.23.